The molecule has 25 heavy (non-hydrogen) atoms. The first-order valence-electron chi connectivity index (χ1n) is 9.67. The minimum Gasteiger partial charge on any atom is -0.481 e. The van der Waals surface area contributed by atoms with Gasteiger partial charge in [-0.15, -0.1) is 0 Å². The van der Waals surface area contributed by atoms with Gasteiger partial charge in [-0.1, -0.05) is 31.5 Å². The fraction of sp³-hybridized carbons (Fsp3) is 0.571. The number of hydrogen-bond acceptors (Lipinski definition) is 2. The van der Waals surface area contributed by atoms with Gasteiger partial charge in [-0.2, -0.15) is 0 Å². The average molecular weight is 338 g/mol. The molecule has 0 amide bonds. The summed E-state index contributed by atoms with van der Waals surface area (Å²) in [4.78, 5) is 15.0. The van der Waals surface area contributed by atoms with Gasteiger partial charge in [0.05, 0.1) is 11.5 Å². The van der Waals surface area contributed by atoms with Crippen LogP contribution in [0.3, 0.4) is 0 Å². The normalized spacial score (nSPS) is 34.1. The number of rotatable bonds is 2. The Morgan fingerprint density at radius 3 is 2.88 bits per heavy atom. The van der Waals surface area contributed by atoms with Crippen LogP contribution in [0.1, 0.15) is 43.9 Å². The Morgan fingerprint density at radius 1 is 1.32 bits per heavy atom. The number of benzene rings is 1. The van der Waals surface area contributed by atoms with E-state index in [1.165, 1.54) is 22.2 Å². The van der Waals surface area contributed by atoms with Gasteiger partial charge in [0.15, 0.2) is 0 Å². The first kappa shape index (κ1) is 15.4. The molecule has 2 aromatic rings. The number of carboxylic acid groups (broad SMARTS) is 1. The SMILES string of the molecule is CC[C@@H]1CC[C@H]2CC(C(=O)O)[C@@]13c1c(c4ccccc4n1C)CCN23. The second kappa shape index (κ2) is 5.10. The van der Waals surface area contributed by atoms with Gasteiger partial charge < -0.3 is 9.67 Å². The van der Waals surface area contributed by atoms with Gasteiger partial charge in [0.25, 0.3) is 0 Å². The highest BCUT2D eigenvalue weighted by molar-refractivity contribution is 5.87. The van der Waals surface area contributed by atoms with Crippen molar-refractivity contribution in [3.8, 4) is 0 Å². The first-order valence-corrected chi connectivity index (χ1v) is 9.67. The average Bonchev–Trinajstić information content (AvgIpc) is 3.05. The molecule has 4 nitrogen and oxygen atoms in total. The number of para-hydroxylation sites is 1. The summed E-state index contributed by atoms with van der Waals surface area (Å²) < 4.78 is 2.32. The Morgan fingerprint density at radius 2 is 2.12 bits per heavy atom. The molecule has 0 aliphatic carbocycles. The summed E-state index contributed by atoms with van der Waals surface area (Å²) in [5.41, 5.74) is 3.64. The summed E-state index contributed by atoms with van der Waals surface area (Å²) in [6, 6.07) is 9.03. The molecule has 0 radical (unpaired) electrons. The van der Waals surface area contributed by atoms with Crippen LogP contribution in [0.15, 0.2) is 24.3 Å². The highest BCUT2D eigenvalue weighted by Gasteiger charge is 2.65. The first-order chi connectivity index (χ1) is 12.1. The van der Waals surface area contributed by atoms with Gasteiger partial charge in [0.2, 0.25) is 0 Å². The fourth-order valence-corrected chi connectivity index (χ4v) is 6.62. The number of fused-ring (bicyclic) bond motifs is 3. The molecule has 2 saturated heterocycles. The number of nitrogens with zero attached hydrogens (tertiary/aromatic N) is 2. The van der Waals surface area contributed by atoms with Crippen molar-refractivity contribution >= 4 is 16.9 Å². The lowest BCUT2D eigenvalue weighted by Crippen LogP contribution is -2.60. The molecular formula is C21H26N2O2. The van der Waals surface area contributed by atoms with Crippen LogP contribution in [-0.2, 0) is 23.8 Å². The summed E-state index contributed by atoms with van der Waals surface area (Å²) in [6.07, 6.45) is 5.21. The molecule has 3 aliphatic rings. The maximum absolute atomic E-state index is 12.4. The Labute approximate surface area is 148 Å². The number of carbonyl (C=O) groups is 1. The van der Waals surface area contributed by atoms with Crippen LogP contribution in [0, 0.1) is 11.8 Å². The second-order valence-electron chi connectivity index (χ2n) is 8.13. The minimum absolute atomic E-state index is 0.285. The lowest BCUT2D eigenvalue weighted by molar-refractivity contribution is -0.149. The summed E-state index contributed by atoms with van der Waals surface area (Å²) in [6.45, 7) is 3.25. The van der Waals surface area contributed by atoms with Crippen molar-refractivity contribution in [2.24, 2.45) is 18.9 Å². The smallest absolute Gasteiger partial charge is 0.308 e. The Balaban J connectivity index is 1.87. The van der Waals surface area contributed by atoms with E-state index in [1.54, 1.807) is 0 Å². The molecule has 3 aliphatic heterocycles. The highest BCUT2D eigenvalue weighted by Crippen LogP contribution is 2.60. The van der Waals surface area contributed by atoms with Crippen LogP contribution in [0.5, 0.6) is 0 Å². The van der Waals surface area contributed by atoms with E-state index in [4.69, 9.17) is 0 Å². The lowest BCUT2D eigenvalue weighted by atomic mass is 9.66. The Kier molecular flexibility index (Phi) is 3.15. The van der Waals surface area contributed by atoms with E-state index in [2.05, 4.69) is 47.7 Å². The van der Waals surface area contributed by atoms with E-state index < -0.39 is 5.97 Å². The molecule has 5 rings (SSSR count). The van der Waals surface area contributed by atoms with E-state index in [1.807, 2.05) is 0 Å². The largest absolute Gasteiger partial charge is 0.481 e. The zero-order valence-corrected chi connectivity index (χ0v) is 15.0. The maximum Gasteiger partial charge on any atom is 0.308 e. The fourth-order valence-electron chi connectivity index (χ4n) is 6.62. The van der Waals surface area contributed by atoms with Crippen molar-refractivity contribution in [1.29, 1.82) is 0 Å². The predicted octanol–water partition coefficient (Wildman–Crippen LogP) is 3.52. The van der Waals surface area contributed by atoms with E-state index in [9.17, 15) is 9.90 Å². The molecule has 1 unspecified atom stereocenters. The van der Waals surface area contributed by atoms with Crippen molar-refractivity contribution in [1.82, 2.24) is 9.47 Å². The second-order valence-corrected chi connectivity index (χ2v) is 8.13. The third-order valence-electron chi connectivity index (χ3n) is 7.41. The van der Waals surface area contributed by atoms with Crippen molar-refractivity contribution in [3.05, 3.63) is 35.5 Å². The van der Waals surface area contributed by atoms with Crippen molar-refractivity contribution in [3.63, 3.8) is 0 Å². The van der Waals surface area contributed by atoms with Crippen LogP contribution in [-0.4, -0.2) is 33.1 Å². The third-order valence-corrected chi connectivity index (χ3v) is 7.41. The predicted molar refractivity (Wildman–Crippen MR) is 97.6 cm³/mol. The number of aryl methyl sites for hydroxylation is 1. The quantitative estimate of drug-likeness (QED) is 0.911. The molecule has 1 aromatic carbocycles. The Hall–Kier alpha value is -1.81. The molecule has 4 atom stereocenters. The van der Waals surface area contributed by atoms with E-state index >= 15 is 0 Å². The van der Waals surface area contributed by atoms with Crippen LogP contribution in [0.2, 0.25) is 0 Å². The maximum atomic E-state index is 12.4. The zero-order valence-electron chi connectivity index (χ0n) is 15.0. The number of carboxylic acids is 1. The van der Waals surface area contributed by atoms with Gasteiger partial charge in [0, 0.05) is 36.2 Å². The Bertz CT molecular complexity index is 870. The van der Waals surface area contributed by atoms with Gasteiger partial charge in [-0.3, -0.25) is 9.69 Å². The molecule has 1 aromatic heterocycles. The molecular weight excluding hydrogens is 312 g/mol. The van der Waals surface area contributed by atoms with Crippen molar-refractivity contribution < 1.29 is 9.90 Å². The summed E-state index contributed by atoms with van der Waals surface area (Å²) in [5, 5.41) is 11.5. The number of aromatic nitrogens is 1. The van der Waals surface area contributed by atoms with Crippen molar-refractivity contribution in [2.45, 2.75) is 50.6 Å². The lowest BCUT2D eigenvalue weighted by Gasteiger charge is -2.54. The van der Waals surface area contributed by atoms with E-state index in [0.717, 1.165) is 38.6 Å². The summed E-state index contributed by atoms with van der Waals surface area (Å²) in [7, 11) is 2.15. The monoisotopic (exact) mass is 338 g/mol. The zero-order chi connectivity index (χ0) is 17.3. The summed E-state index contributed by atoms with van der Waals surface area (Å²) >= 11 is 0. The van der Waals surface area contributed by atoms with Crippen LogP contribution >= 0.6 is 0 Å². The van der Waals surface area contributed by atoms with Crippen LogP contribution in [0.25, 0.3) is 10.9 Å². The topological polar surface area (TPSA) is 45.5 Å². The number of aliphatic carboxylic acids is 1. The standard InChI is InChI=1S/C21H26N2O2/c1-3-13-8-9-14-12-17(20(24)25)21(13)19-16(10-11-23(14)21)15-6-4-5-7-18(15)22(19)2/h4-7,13-14,17H,3,8-12H2,1-2H3,(H,24,25)/t13-,14+,17?,21-/m1/s1. The van der Waals surface area contributed by atoms with Crippen molar-refractivity contribution in [2.75, 3.05) is 6.54 Å². The number of piperidine rings is 1. The van der Waals surface area contributed by atoms with Crippen LogP contribution in [0.4, 0.5) is 0 Å². The molecule has 4 heteroatoms. The van der Waals surface area contributed by atoms with Gasteiger partial charge in [-0.05, 0) is 43.2 Å². The van der Waals surface area contributed by atoms with Gasteiger partial charge >= 0.3 is 5.97 Å². The van der Waals surface area contributed by atoms with Crippen LogP contribution < -0.4 is 0 Å². The highest BCUT2D eigenvalue weighted by atomic mass is 16.4. The third kappa shape index (κ3) is 1.69. The minimum atomic E-state index is -0.606. The van der Waals surface area contributed by atoms with E-state index in [-0.39, 0.29) is 11.5 Å². The molecule has 2 bridgehead atoms. The molecule has 4 heterocycles. The molecule has 0 saturated carbocycles. The molecule has 1 N–H and O–H groups in total. The van der Waals surface area contributed by atoms with Gasteiger partial charge in [-0.25, -0.2) is 0 Å². The van der Waals surface area contributed by atoms with Gasteiger partial charge in [0.1, 0.15) is 0 Å². The summed E-state index contributed by atoms with van der Waals surface area (Å²) in [5.74, 6) is -0.465. The molecule has 132 valence electrons. The molecule has 0 spiro atoms. The van der Waals surface area contributed by atoms with E-state index in [0.29, 0.717) is 12.0 Å². The number of hydrogen-bond donors (Lipinski definition) is 1. The molecule has 2 fully saturated rings.